The van der Waals surface area contributed by atoms with E-state index in [1.54, 1.807) is 6.08 Å². The lowest BCUT2D eigenvalue weighted by Gasteiger charge is -2.15. The van der Waals surface area contributed by atoms with Crippen molar-refractivity contribution in [2.24, 2.45) is 11.8 Å². The van der Waals surface area contributed by atoms with Gasteiger partial charge in [-0.1, -0.05) is 50.6 Å². The lowest BCUT2D eigenvalue weighted by atomic mass is 9.93. The molecule has 0 rings (SSSR count). The van der Waals surface area contributed by atoms with E-state index in [1.165, 1.54) is 6.42 Å². The van der Waals surface area contributed by atoms with Crippen molar-refractivity contribution in [2.75, 3.05) is 0 Å². The Morgan fingerprint density at radius 2 is 2.05 bits per heavy atom. The Labute approximate surface area is 124 Å². The van der Waals surface area contributed by atoms with Gasteiger partial charge < -0.3 is 9.90 Å². The fraction of sp³-hybridized carbons (Fsp3) is 0.611. The highest BCUT2D eigenvalue weighted by Crippen LogP contribution is 2.18. The van der Waals surface area contributed by atoms with Crippen LogP contribution in [0, 0.1) is 11.8 Å². The topological polar surface area (TPSA) is 37.3 Å². The predicted octanol–water partition coefficient (Wildman–Crippen LogP) is 4.46. The number of hydrogen-bond donors (Lipinski definition) is 1. The second-order valence-electron chi connectivity index (χ2n) is 5.59. The van der Waals surface area contributed by atoms with Crippen LogP contribution in [0.15, 0.2) is 37.0 Å². The summed E-state index contributed by atoms with van der Waals surface area (Å²) in [5.74, 6) is 0.324. The van der Waals surface area contributed by atoms with Crippen molar-refractivity contribution < 1.29 is 9.90 Å². The Morgan fingerprint density at radius 1 is 1.35 bits per heavy atom. The van der Waals surface area contributed by atoms with Gasteiger partial charge in [-0.25, -0.2) is 0 Å². The molecule has 1 N–H and O–H groups in total. The number of carbonyl (C=O) groups excluding carboxylic acids is 1. The maximum Gasteiger partial charge on any atom is 0.126 e. The quantitative estimate of drug-likeness (QED) is 0.423. The summed E-state index contributed by atoms with van der Waals surface area (Å²) < 4.78 is 0. The highest BCUT2D eigenvalue weighted by molar-refractivity contribution is 5.55. The summed E-state index contributed by atoms with van der Waals surface area (Å²) in [6, 6.07) is 0. The van der Waals surface area contributed by atoms with Gasteiger partial charge in [0.25, 0.3) is 0 Å². The van der Waals surface area contributed by atoms with Crippen LogP contribution in [0.3, 0.4) is 0 Å². The van der Waals surface area contributed by atoms with Crippen LogP contribution in [0.1, 0.15) is 52.4 Å². The molecule has 114 valence electrons. The van der Waals surface area contributed by atoms with Gasteiger partial charge in [-0.3, -0.25) is 0 Å². The molecule has 0 heterocycles. The zero-order valence-electron chi connectivity index (χ0n) is 13.1. The summed E-state index contributed by atoms with van der Waals surface area (Å²) in [4.78, 5) is 11.1. The number of rotatable bonds is 12. The molecule has 0 amide bonds. The fourth-order valence-corrected chi connectivity index (χ4v) is 1.95. The van der Waals surface area contributed by atoms with Crippen LogP contribution >= 0.6 is 0 Å². The van der Waals surface area contributed by atoms with Crippen LogP contribution in [0.5, 0.6) is 0 Å². The first kappa shape index (κ1) is 18.9. The molecule has 0 spiro atoms. The maximum absolute atomic E-state index is 11.1. The number of aldehydes is 1. The molecule has 0 aliphatic heterocycles. The average molecular weight is 278 g/mol. The van der Waals surface area contributed by atoms with Gasteiger partial charge in [0.1, 0.15) is 6.29 Å². The van der Waals surface area contributed by atoms with Crippen LogP contribution in [0.25, 0.3) is 0 Å². The van der Waals surface area contributed by atoms with Crippen molar-refractivity contribution in [3.8, 4) is 0 Å². The minimum atomic E-state index is -0.704. The van der Waals surface area contributed by atoms with Gasteiger partial charge in [-0.05, 0) is 38.0 Å². The molecule has 0 aliphatic carbocycles. The molecule has 0 radical (unpaired) electrons. The van der Waals surface area contributed by atoms with Crippen molar-refractivity contribution in [1.82, 2.24) is 0 Å². The molecule has 2 heteroatoms. The molecule has 3 atom stereocenters. The third-order valence-electron chi connectivity index (χ3n) is 3.70. The average Bonchev–Trinajstić information content (AvgIpc) is 2.46. The van der Waals surface area contributed by atoms with E-state index in [1.807, 2.05) is 12.2 Å². The SMILES string of the molecule is C=CCCC(=C)C[C@@H](C=O)C(O)/C=C/CCC(C)CC. The largest absolute Gasteiger partial charge is 0.388 e. The van der Waals surface area contributed by atoms with E-state index in [2.05, 4.69) is 27.0 Å². The standard InChI is InChI=1S/C18H30O2/c1-5-7-10-16(4)13-17(14-19)18(20)12-9-8-11-15(3)6-2/h5,9,12,14-15,17-18,20H,1,4,6-8,10-11,13H2,2-3H3/b12-9+/t15?,17-,18?/m0/s1. The normalized spacial score (nSPS) is 15.8. The lowest BCUT2D eigenvalue weighted by Crippen LogP contribution is -2.20. The van der Waals surface area contributed by atoms with E-state index >= 15 is 0 Å². The first-order valence-electron chi connectivity index (χ1n) is 7.62. The predicted molar refractivity (Wildman–Crippen MR) is 86.6 cm³/mol. The molecule has 0 aromatic heterocycles. The van der Waals surface area contributed by atoms with Gasteiger partial charge in [0, 0.05) is 5.92 Å². The molecular formula is C18H30O2. The molecule has 0 aromatic rings. The molecule has 20 heavy (non-hydrogen) atoms. The van der Waals surface area contributed by atoms with E-state index in [0.29, 0.717) is 12.3 Å². The fourth-order valence-electron chi connectivity index (χ4n) is 1.95. The summed E-state index contributed by atoms with van der Waals surface area (Å²) in [7, 11) is 0. The monoisotopic (exact) mass is 278 g/mol. The molecule has 0 aliphatic rings. The molecule has 0 aromatic carbocycles. The van der Waals surface area contributed by atoms with E-state index < -0.39 is 6.10 Å². The van der Waals surface area contributed by atoms with Gasteiger partial charge in [-0.15, -0.1) is 6.58 Å². The van der Waals surface area contributed by atoms with Crippen molar-refractivity contribution in [3.05, 3.63) is 37.0 Å². The molecule has 2 nitrogen and oxygen atoms in total. The third-order valence-corrected chi connectivity index (χ3v) is 3.70. The molecule has 0 saturated carbocycles. The van der Waals surface area contributed by atoms with Crippen molar-refractivity contribution in [2.45, 2.75) is 58.5 Å². The third kappa shape index (κ3) is 8.87. The minimum Gasteiger partial charge on any atom is -0.388 e. The van der Waals surface area contributed by atoms with Crippen molar-refractivity contribution >= 4 is 6.29 Å². The van der Waals surface area contributed by atoms with Crippen LogP contribution in [0.2, 0.25) is 0 Å². The van der Waals surface area contributed by atoms with Gasteiger partial charge in [-0.2, -0.15) is 0 Å². The zero-order chi connectivity index (χ0) is 15.4. The van der Waals surface area contributed by atoms with Crippen molar-refractivity contribution in [1.29, 1.82) is 0 Å². The number of aliphatic hydroxyl groups is 1. The molecule has 0 saturated heterocycles. The number of hydrogen-bond acceptors (Lipinski definition) is 2. The number of carbonyl (C=O) groups is 1. The maximum atomic E-state index is 11.1. The first-order chi connectivity index (χ1) is 9.54. The Balaban J connectivity index is 4.15. The van der Waals surface area contributed by atoms with Gasteiger partial charge >= 0.3 is 0 Å². The zero-order valence-corrected chi connectivity index (χ0v) is 13.1. The summed E-state index contributed by atoms with van der Waals surface area (Å²) >= 11 is 0. The highest BCUT2D eigenvalue weighted by atomic mass is 16.3. The minimum absolute atomic E-state index is 0.382. The van der Waals surface area contributed by atoms with E-state index in [-0.39, 0.29) is 5.92 Å². The molecule has 2 unspecified atom stereocenters. The Bertz CT molecular complexity index is 317. The van der Waals surface area contributed by atoms with Gasteiger partial charge in [0.15, 0.2) is 0 Å². The second kappa shape index (κ2) is 11.7. The Hall–Kier alpha value is -1.15. The summed E-state index contributed by atoms with van der Waals surface area (Å²) in [6.45, 7) is 12.0. The Morgan fingerprint density at radius 3 is 2.60 bits per heavy atom. The first-order valence-corrected chi connectivity index (χ1v) is 7.62. The number of aliphatic hydroxyl groups excluding tert-OH is 1. The van der Waals surface area contributed by atoms with Crippen LogP contribution < -0.4 is 0 Å². The van der Waals surface area contributed by atoms with Crippen molar-refractivity contribution in [3.63, 3.8) is 0 Å². The molecular weight excluding hydrogens is 248 g/mol. The lowest BCUT2D eigenvalue weighted by molar-refractivity contribution is -0.113. The molecule has 0 bridgehead atoms. The smallest absolute Gasteiger partial charge is 0.126 e. The summed E-state index contributed by atoms with van der Waals surface area (Å²) in [6.07, 6.45) is 11.2. The second-order valence-corrected chi connectivity index (χ2v) is 5.59. The van der Waals surface area contributed by atoms with Crippen LogP contribution in [-0.4, -0.2) is 17.5 Å². The summed E-state index contributed by atoms with van der Waals surface area (Å²) in [5, 5.41) is 10.0. The summed E-state index contributed by atoms with van der Waals surface area (Å²) in [5.41, 5.74) is 0.994. The van der Waals surface area contributed by atoms with E-state index in [9.17, 15) is 9.90 Å². The van der Waals surface area contributed by atoms with Crippen LogP contribution in [0.4, 0.5) is 0 Å². The highest BCUT2D eigenvalue weighted by Gasteiger charge is 2.16. The van der Waals surface area contributed by atoms with E-state index in [0.717, 1.165) is 37.5 Å². The van der Waals surface area contributed by atoms with Gasteiger partial charge in [0.2, 0.25) is 0 Å². The van der Waals surface area contributed by atoms with Crippen LogP contribution in [-0.2, 0) is 4.79 Å². The Kier molecular flexibility index (Phi) is 11.0. The van der Waals surface area contributed by atoms with Gasteiger partial charge in [0.05, 0.1) is 6.10 Å². The number of allylic oxidation sites excluding steroid dienone is 3. The van der Waals surface area contributed by atoms with E-state index in [4.69, 9.17) is 0 Å². The molecule has 0 fully saturated rings.